The van der Waals surface area contributed by atoms with Gasteiger partial charge in [-0.2, -0.15) is 0 Å². The van der Waals surface area contributed by atoms with E-state index in [-0.39, 0.29) is 5.41 Å². The molecular formula is C20H31N3O2. The van der Waals surface area contributed by atoms with Gasteiger partial charge in [0.15, 0.2) is 0 Å². The van der Waals surface area contributed by atoms with Gasteiger partial charge < -0.3 is 9.47 Å². The summed E-state index contributed by atoms with van der Waals surface area (Å²) in [7, 11) is 0. The summed E-state index contributed by atoms with van der Waals surface area (Å²) >= 11 is 0. The summed E-state index contributed by atoms with van der Waals surface area (Å²) in [5.74, 6) is 1.36. The SMILES string of the molecule is C[C@H]1CN(Cc2cccnc2)C[C@@]12COCCN(CC1CCOC1)C2. The van der Waals surface area contributed by atoms with Gasteiger partial charge in [0.05, 0.1) is 19.8 Å². The Kier molecular flexibility index (Phi) is 5.36. The number of likely N-dealkylation sites (tertiary alicyclic amines) is 1. The zero-order valence-electron chi connectivity index (χ0n) is 15.4. The molecule has 1 spiro atoms. The fourth-order valence-corrected chi connectivity index (χ4v) is 4.80. The van der Waals surface area contributed by atoms with Gasteiger partial charge in [-0.3, -0.25) is 14.8 Å². The third-order valence-electron chi connectivity index (χ3n) is 6.27. The van der Waals surface area contributed by atoms with Crippen LogP contribution in [0, 0.1) is 17.3 Å². The van der Waals surface area contributed by atoms with E-state index in [0.29, 0.717) is 11.8 Å². The molecule has 138 valence electrons. The van der Waals surface area contributed by atoms with Crippen LogP contribution < -0.4 is 0 Å². The van der Waals surface area contributed by atoms with E-state index in [9.17, 15) is 0 Å². The molecule has 25 heavy (non-hydrogen) atoms. The lowest BCUT2D eigenvalue weighted by atomic mass is 9.79. The summed E-state index contributed by atoms with van der Waals surface area (Å²) in [6, 6.07) is 4.21. The van der Waals surface area contributed by atoms with Gasteiger partial charge >= 0.3 is 0 Å². The fraction of sp³-hybridized carbons (Fsp3) is 0.750. The van der Waals surface area contributed by atoms with Crippen molar-refractivity contribution in [3.8, 4) is 0 Å². The highest BCUT2D eigenvalue weighted by molar-refractivity contribution is 5.09. The Morgan fingerprint density at radius 3 is 2.96 bits per heavy atom. The maximum absolute atomic E-state index is 6.08. The van der Waals surface area contributed by atoms with Crippen molar-refractivity contribution in [2.24, 2.45) is 17.3 Å². The van der Waals surface area contributed by atoms with E-state index < -0.39 is 0 Å². The number of pyridine rings is 1. The van der Waals surface area contributed by atoms with Gasteiger partial charge in [-0.25, -0.2) is 0 Å². The second-order valence-corrected chi connectivity index (χ2v) is 8.31. The lowest BCUT2D eigenvalue weighted by molar-refractivity contribution is 0.0494. The van der Waals surface area contributed by atoms with E-state index in [1.165, 1.54) is 18.5 Å². The molecule has 0 saturated carbocycles. The second-order valence-electron chi connectivity index (χ2n) is 8.31. The molecule has 0 amide bonds. The quantitative estimate of drug-likeness (QED) is 0.833. The van der Waals surface area contributed by atoms with Crippen molar-refractivity contribution in [1.29, 1.82) is 0 Å². The van der Waals surface area contributed by atoms with E-state index in [1.807, 2.05) is 18.5 Å². The molecule has 0 bridgehead atoms. The molecule has 0 aromatic carbocycles. The van der Waals surface area contributed by atoms with Crippen molar-refractivity contribution in [3.05, 3.63) is 30.1 Å². The number of hydrogen-bond donors (Lipinski definition) is 0. The molecular weight excluding hydrogens is 314 g/mol. The smallest absolute Gasteiger partial charge is 0.0593 e. The number of hydrogen-bond acceptors (Lipinski definition) is 5. The number of rotatable bonds is 4. The second kappa shape index (κ2) is 7.70. The molecule has 4 heterocycles. The first-order chi connectivity index (χ1) is 12.2. The molecule has 3 atom stereocenters. The van der Waals surface area contributed by atoms with Gasteiger partial charge in [0, 0.05) is 63.7 Å². The summed E-state index contributed by atoms with van der Waals surface area (Å²) in [4.78, 5) is 9.50. The lowest BCUT2D eigenvalue weighted by Gasteiger charge is -2.36. The summed E-state index contributed by atoms with van der Waals surface area (Å²) in [6.45, 7) is 12.7. The van der Waals surface area contributed by atoms with Crippen LogP contribution in [0.4, 0.5) is 0 Å². The Labute approximate surface area is 151 Å². The molecule has 1 aromatic heterocycles. The molecule has 0 N–H and O–H groups in total. The van der Waals surface area contributed by atoms with Gasteiger partial charge in [0.25, 0.3) is 0 Å². The minimum atomic E-state index is 0.262. The fourth-order valence-electron chi connectivity index (χ4n) is 4.80. The first kappa shape index (κ1) is 17.4. The van der Waals surface area contributed by atoms with E-state index in [0.717, 1.165) is 59.2 Å². The van der Waals surface area contributed by atoms with Crippen molar-refractivity contribution in [2.45, 2.75) is 19.9 Å². The van der Waals surface area contributed by atoms with Crippen LogP contribution in [0.3, 0.4) is 0 Å². The highest BCUT2D eigenvalue weighted by Crippen LogP contribution is 2.39. The van der Waals surface area contributed by atoms with Crippen LogP contribution in [-0.2, 0) is 16.0 Å². The predicted octanol–water partition coefficient (Wildman–Crippen LogP) is 1.89. The molecule has 1 aromatic rings. The average molecular weight is 345 g/mol. The third kappa shape index (κ3) is 4.05. The highest BCUT2D eigenvalue weighted by atomic mass is 16.5. The van der Waals surface area contributed by atoms with Crippen LogP contribution in [0.25, 0.3) is 0 Å². The predicted molar refractivity (Wildman–Crippen MR) is 97.3 cm³/mol. The minimum absolute atomic E-state index is 0.262. The first-order valence-corrected chi connectivity index (χ1v) is 9.73. The topological polar surface area (TPSA) is 37.8 Å². The molecule has 3 fully saturated rings. The Hall–Kier alpha value is -1.01. The molecule has 5 heteroatoms. The Bertz CT molecular complexity index is 549. The zero-order valence-corrected chi connectivity index (χ0v) is 15.4. The van der Waals surface area contributed by atoms with Gasteiger partial charge in [-0.1, -0.05) is 13.0 Å². The van der Waals surface area contributed by atoms with Crippen molar-refractivity contribution in [1.82, 2.24) is 14.8 Å². The molecule has 5 nitrogen and oxygen atoms in total. The van der Waals surface area contributed by atoms with E-state index in [2.05, 4.69) is 27.8 Å². The molecule has 1 unspecified atom stereocenters. The van der Waals surface area contributed by atoms with Crippen LogP contribution in [-0.4, -0.2) is 73.9 Å². The summed E-state index contributed by atoms with van der Waals surface area (Å²) < 4.78 is 11.7. The molecule has 3 saturated heterocycles. The van der Waals surface area contributed by atoms with Crippen molar-refractivity contribution in [2.75, 3.05) is 59.2 Å². The summed E-state index contributed by atoms with van der Waals surface area (Å²) in [5.41, 5.74) is 1.57. The van der Waals surface area contributed by atoms with Crippen molar-refractivity contribution < 1.29 is 9.47 Å². The largest absolute Gasteiger partial charge is 0.381 e. The van der Waals surface area contributed by atoms with E-state index >= 15 is 0 Å². The van der Waals surface area contributed by atoms with Gasteiger partial charge in [0.1, 0.15) is 0 Å². The standard InChI is InChI=1S/C20H31N3O2/c1-17-10-23(11-18-3-2-5-21-9-18)15-20(17)14-22(6-8-25-16-20)12-19-4-7-24-13-19/h2-3,5,9,17,19H,4,6-8,10-16H2,1H3/t17-,19?,20-/m0/s1. The van der Waals surface area contributed by atoms with E-state index in [4.69, 9.17) is 9.47 Å². The first-order valence-electron chi connectivity index (χ1n) is 9.73. The molecule has 4 rings (SSSR count). The van der Waals surface area contributed by atoms with Crippen LogP contribution >= 0.6 is 0 Å². The number of aromatic nitrogens is 1. The normalized spacial score (nSPS) is 34.6. The van der Waals surface area contributed by atoms with Crippen molar-refractivity contribution in [3.63, 3.8) is 0 Å². The highest BCUT2D eigenvalue weighted by Gasteiger charge is 2.46. The maximum atomic E-state index is 6.08. The van der Waals surface area contributed by atoms with E-state index in [1.54, 1.807) is 0 Å². The third-order valence-corrected chi connectivity index (χ3v) is 6.27. The summed E-state index contributed by atoms with van der Waals surface area (Å²) in [6.07, 6.45) is 5.06. The molecule has 0 aliphatic carbocycles. The van der Waals surface area contributed by atoms with Crippen LogP contribution in [0.2, 0.25) is 0 Å². The summed E-state index contributed by atoms with van der Waals surface area (Å²) in [5, 5.41) is 0. The number of ether oxygens (including phenoxy) is 2. The van der Waals surface area contributed by atoms with Gasteiger partial charge in [0.2, 0.25) is 0 Å². The monoisotopic (exact) mass is 345 g/mol. The van der Waals surface area contributed by atoms with Crippen LogP contribution in [0.1, 0.15) is 18.9 Å². The number of nitrogens with zero attached hydrogens (tertiary/aromatic N) is 3. The molecule has 3 aliphatic rings. The minimum Gasteiger partial charge on any atom is -0.381 e. The Balaban J connectivity index is 1.41. The molecule has 3 aliphatic heterocycles. The van der Waals surface area contributed by atoms with Gasteiger partial charge in [-0.15, -0.1) is 0 Å². The van der Waals surface area contributed by atoms with Gasteiger partial charge in [-0.05, 0) is 29.9 Å². The Morgan fingerprint density at radius 1 is 1.24 bits per heavy atom. The average Bonchev–Trinajstić information content (AvgIpc) is 3.15. The van der Waals surface area contributed by atoms with Crippen LogP contribution in [0.15, 0.2) is 24.5 Å². The molecule has 0 radical (unpaired) electrons. The zero-order chi connectivity index (χ0) is 17.1. The Morgan fingerprint density at radius 2 is 2.16 bits per heavy atom. The van der Waals surface area contributed by atoms with Crippen LogP contribution in [0.5, 0.6) is 0 Å². The maximum Gasteiger partial charge on any atom is 0.0593 e. The lowest BCUT2D eigenvalue weighted by Crippen LogP contribution is -2.45. The van der Waals surface area contributed by atoms with Crippen molar-refractivity contribution >= 4 is 0 Å².